The molecular weight excluding hydrogens is 376 g/mol. The lowest BCUT2D eigenvalue weighted by molar-refractivity contribution is -0.130. The Hall–Kier alpha value is -2.12. The van der Waals surface area contributed by atoms with Crippen LogP contribution >= 0.6 is 0 Å². The van der Waals surface area contributed by atoms with Gasteiger partial charge >= 0.3 is 0 Å². The average molecular weight is 415 g/mol. The number of hydrogen-bond donors (Lipinski definition) is 2. The molecule has 0 radical (unpaired) electrons. The summed E-state index contributed by atoms with van der Waals surface area (Å²) >= 11 is 0. The Bertz CT molecular complexity index is 672. The van der Waals surface area contributed by atoms with Gasteiger partial charge in [-0.05, 0) is 31.9 Å². The molecule has 166 valence electrons. The van der Waals surface area contributed by atoms with Gasteiger partial charge in [-0.2, -0.15) is 0 Å². The number of carbonyl (C=O) groups is 1. The lowest BCUT2D eigenvalue weighted by atomic mass is 10.2. The zero-order valence-corrected chi connectivity index (χ0v) is 18.6. The first-order chi connectivity index (χ1) is 14.7. The van der Waals surface area contributed by atoms with Gasteiger partial charge in [-0.25, -0.2) is 0 Å². The van der Waals surface area contributed by atoms with Crippen molar-refractivity contribution < 1.29 is 4.79 Å². The van der Waals surface area contributed by atoms with Gasteiger partial charge in [-0.3, -0.25) is 19.6 Å². The standard InChI is InChI=1S/C23H38N6O/c1-3-24-23(25-11-13-27-14-16-28(17-15-27)20(2)30)26-18-22-10-7-12-29(22)19-21-8-5-4-6-9-21/h4-6,8-9,22H,3,7,10-19H2,1-2H3,(H2,24,25,26). The number of likely N-dealkylation sites (tertiary alicyclic amines) is 1. The van der Waals surface area contributed by atoms with Crippen LogP contribution in [0.1, 0.15) is 32.3 Å². The second-order valence-corrected chi connectivity index (χ2v) is 8.25. The number of benzene rings is 1. The highest BCUT2D eigenvalue weighted by Crippen LogP contribution is 2.20. The van der Waals surface area contributed by atoms with Gasteiger partial charge < -0.3 is 15.5 Å². The smallest absolute Gasteiger partial charge is 0.219 e. The van der Waals surface area contributed by atoms with Gasteiger partial charge in [0.15, 0.2) is 5.96 Å². The topological polar surface area (TPSA) is 63.2 Å². The predicted octanol–water partition coefficient (Wildman–Crippen LogP) is 1.37. The third-order valence-corrected chi connectivity index (χ3v) is 6.07. The van der Waals surface area contributed by atoms with Crippen molar-refractivity contribution in [2.75, 3.05) is 58.9 Å². The van der Waals surface area contributed by atoms with Gasteiger partial charge in [-0.15, -0.1) is 0 Å². The Morgan fingerprint density at radius 2 is 1.87 bits per heavy atom. The number of aliphatic imine (C=N–C) groups is 1. The maximum Gasteiger partial charge on any atom is 0.219 e. The minimum Gasteiger partial charge on any atom is -0.357 e. The lowest BCUT2D eigenvalue weighted by Gasteiger charge is -2.34. The molecular formula is C23H38N6O. The van der Waals surface area contributed by atoms with E-state index in [4.69, 9.17) is 4.99 Å². The van der Waals surface area contributed by atoms with E-state index in [0.29, 0.717) is 6.04 Å². The second-order valence-electron chi connectivity index (χ2n) is 8.25. The van der Waals surface area contributed by atoms with Crippen LogP contribution in [0, 0.1) is 0 Å². The molecule has 0 spiro atoms. The summed E-state index contributed by atoms with van der Waals surface area (Å²) in [5.74, 6) is 1.09. The third kappa shape index (κ3) is 6.99. The number of carbonyl (C=O) groups excluding carboxylic acids is 1. The summed E-state index contributed by atoms with van der Waals surface area (Å²) in [6, 6.07) is 11.2. The summed E-state index contributed by atoms with van der Waals surface area (Å²) in [6.07, 6.45) is 2.47. The highest BCUT2D eigenvalue weighted by molar-refractivity contribution is 5.79. The third-order valence-electron chi connectivity index (χ3n) is 6.07. The quantitative estimate of drug-likeness (QED) is 0.497. The van der Waals surface area contributed by atoms with Crippen LogP contribution in [0.3, 0.4) is 0 Å². The fraction of sp³-hybridized carbons (Fsp3) is 0.652. The lowest BCUT2D eigenvalue weighted by Crippen LogP contribution is -2.50. The Morgan fingerprint density at radius 1 is 1.10 bits per heavy atom. The molecule has 2 saturated heterocycles. The van der Waals surface area contributed by atoms with Crippen LogP contribution in [0.4, 0.5) is 0 Å². The summed E-state index contributed by atoms with van der Waals surface area (Å²) < 4.78 is 0. The highest BCUT2D eigenvalue weighted by Gasteiger charge is 2.24. The van der Waals surface area contributed by atoms with E-state index in [1.807, 2.05) is 4.90 Å². The van der Waals surface area contributed by atoms with Crippen molar-refractivity contribution in [2.45, 2.75) is 39.3 Å². The first-order valence-electron chi connectivity index (χ1n) is 11.4. The zero-order valence-electron chi connectivity index (χ0n) is 18.6. The fourth-order valence-corrected chi connectivity index (χ4v) is 4.29. The van der Waals surface area contributed by atoms with Crippen molar-refractivity contribution in [1.29, 1.82) is 0 Å². The molecule has 1 unspecified atom stereocenters. The van der Waals surface area contributed by atoms with Gasteiger partial charge in [0.1, 0.15) is 0 Å². The number of piperazine rings is 1. The van der Waals surface area contributed by atoms with Gasteiger partial charge in [0.05, 0.1) is 6.54 Å². The van der Waals surface area contributed by atoms with E-state index in [1.54, 1.807) is 6.92 Å². The molecule has 1 atom stereocenters. The Morgan fingerprint density at radius 3 is 2.57 bits per heavy atom. The first kappa shape index (κ1) is 22.6. The molecule has 1 aromatic carbocycles. The van der Waals surface area contributed by atoms with E-state index in [1.165, 1.54) is 18.4 Å². The molecule has 2 aliphatic rings. The van der Waals surface area contributed by atoms with E-state index in [2.05, 4.69) is 57.7 Å². The minimum atomic E-state index is 0.183. The zero-order chi connectivity index (χ0) is 21.2. The van der Waals surface area contributed by atoms with E-state index in [9.17, 15) is 4.79 Å². The van der Waals surface area contributed by atoms with Crippen LogP contribution in [-0.2, 0) is 11.3 Å². The van der Waals surface area contributed by atoms with Gasteiger partial charge in [0.25, 0.3) is 0 Å². The Labute approximate surface area is 181 Å². The Kier molecular flexibility index (Phi) is 8.96. The monoisotopic (exact) mass is 414 g/mol. The molecule has 7 heteroatoms. The second kappa shape index (κ2) is 11.9. The van der Waals surface area contributed by atoms with Gasteiger partial charge in [-0.1, -0.05) is 30.3 Å². The van der Waals surface area contributed by atoms with Crippen LogP contribution < -0.4 is 10.6 Å². The number of hydrogen-bond acceptors (Lipinski definition) is 4. The fourth-order valence-electron chi connectivity index (χ4n) is 4.29. The molecule has 7 nitrogen and oxygen atoms in total. The molecule has 0 aromatic heterocycles. The van der Waals surface area contributed by atoms with E-state index in [0.717, 1.165) is 71.4 Å². The molecule has 1 amide bonds. The predicted molar refractivity (Wildman–Crippen MR) is 123 cm³/mol. The first-order valence-corrected chi connectivity index (χ1v) is 11.4. The van der Waals surface area contributed by atoms with Crippen LogP contribution in [0.5, 0.6) is 0 Å². The van der Waals surface area contributed by atoms with Crippen molar-refractivity contribution in [2.24, 2.45) is 4.99 Å². The molecule has 2 fully saturated rings. The van der Waals surface area contributed by atoms with E-state index < -0.39 is 0 Å². The molecule has 0 saturated carbocycles. The number of nitrogens with zero attached hydrogens (tertiary/aromatic N) is 4. The van der Waals surface area contributed by atoms with Crippen LogP contribution in [-0.4, -0.2) is 91.5 Å². The van der Waals surface area contributed by atoms with E-state index >= 15 is 0 Å². The minimum absolute atomic E-state index is 0.183. The maximum absolute atomic E-state index is 11.5. The summed E-state index contributed by atoms with van der Waals surface area (Å²) in [6.45, 7) is 13.0. The van der Waals surface area contributed by atoms with Gasteiger partial charge in [0, 0.05) is 65.3 Å². The SMILES string of the molecule is CCNC(=NCC1CCCN1Cc1ccccc1)NCCN1CCN(C(C)=O)CC1. The molecule has 0 aliphatic carbocycles. The summed E-state index contributed by atoms with van der Waals surface area (Å²) in [4.78, 5) is 23.2. The summed E-state index contributed by atoms with van der Waals surface area (Å²) in [5, 5.41) is 6.87. The normalized spacial score (nSPS) is 21.1. The van der Waals surface area contributed by atoms with Crippen LogP contribution in [0.2, 0.25) is 0 Å². The van der Waals surface area contributed by atoms with Crippen LogP contribution in [0.15, 0.2) is 35.3 Å². The van der Waals surface area contributed by atoms with Crippen molar-refractivity contribution >= 4 is 11.9 Å². The van der Waals surface area contributed by atoms with Gasteiger partial charge in [0.2, 0.25) is 5.91 Å². The molecule has 30 heavy (non-hydrogen) atoms. The van der Waals surface area contributed by atoms with Crippen molar-refractivity contribution in [3.63, 3.8) is 0 Å². The molecule has 0 bridgehead atoms. The summed E-state index contributed by atoms with van der Waals surface area (Å²) in [5.41, 5.74) is 1.38. The number of rotatable bonds is 8. The highest BCUT2D eigenvalue weighted by atomic mass is 16.2. The number of guanidine groups is 1. The van der Waals surface area contributed by atoms with Crippen molar-refractivity contribution in [3.05, 3.63) is 35.9 Å². The largest absolute Gasteiger partial charge is 0.357 e. The number of amides is 1. The molecule has 1 aromatic rings. The van der Waals surface area contributed by atoms with E-state index in [-0.39, 0.29) is 5.91 Å². The molecule has 3 rings (SSSR count). The average Bonchev–Trinajstić information content (AvgIpc) is 3.20. The van der Waals surface area contributed by atoms with Crippen molar-refractivity contribution in [3.8, 4) is 0 Å². The maximum atomic E-state index is 11.5. The molecule has 2 heterocycles. The Balaban J connectivity index is 1.43. The van der Waals surface area contributed by atoms with Crippen LogP contribution in [0.25, 0.3) is 0 Å². The molecule has 2 N–H and O–H groups in total. The summed E-state index contributed by atoms with van der Waals surface area (Å²) in [7, 11) is 0. The van der Waals surface area contributed by atoms with Crippen molar-refractivity contribution in [1.82, 2.24) is 25.3 Å². The molecule has 2 aliphatic heterocycles. The number of nitrogens with one attached hydrogen (secondary N) is 2.